The van der Waals surface area contributed by atoms with E-state index in [4.69, 9.17) is 4.74 Å². The molecule has 0 spiro atoms. The SMILES string of the molecule is COC(=O)[C@@H]1Cc2ccccc2CN1C(=O)Cn1ccsc1=O. The predicted octanol–water partition coefficient (Wildman–Crippen LogP) is 1.04. The Labute approximate surface area is 136 Å². The third-order valence-corrected chi connectivity index (χ3v) is 4.69. The number of benzene rings is 1. The molecule has 0 saturated carbocycles. The van der Waals surface area contributed by atoms with Crippen molar-refractivity contribution < 1.29 is 14.3 Å². The Balaban J connectivity index is 1.88. The number of amides is 1. The van der Waals surface area contributed by atoms with Crippen molar-refractivity contribution in [2.45, 2.75) is 25.6 Å². The standard InChI is InChI=1S/C16H16N2O4S/c1-22-15(20)13-8-11-4-2-3-5-12(11)9-18(13)14(19)10-17-6-7-23-16(17)21/h2-7,13H,8-10H2,1H3/t13-/m0/s1. The van der Waals surface area contributed by atoms with E-state index in [1.807, 2.05) is 24.3 Å². The minimum Gasteiger partial charge on any atom is -0.467 e. The number of carbonyl (C=O) groups excluding carboxylic acids is 2. The quantitative estimate of drug-likeness (QED) is 0.788. The van der Waals surface area contributed by atoms with Crippen LogP contribution in [-0.2, 0) is 33.8 Å². The van der Waals surface area contributed by atoms with E-state index in [0.29, 0.717) is 13.0 Å². The third kappa shape index (κ3) is 3.05. The number of methoxy groups -OCH3 is 1. The van der Waals surface area contributed by atoms with Gasteiger partial charge in [0.25, 0.3) is 0 Å². The molecule has 1 amide bonds. The van der Waals surface area contributed by atoms with E-state index in [0.717, 1.165) is 22.5 Å². The first-order valence-electron chi connectivity index (χ1n) is 7.18. The Morgan fingerprint density at radius 1 is 1.30 bits per heavy atom. The second-order valence-corrected chi connectivity index (χ2v) is 6.19. The summed E-state index contributed by atoms with van der Waals surface area (Å²) in [6, 6.07) is 7.06. The molecule has 1 atom stereocenters. The molecule has 0 bridgehead atoms. The molecule has 0 fully saturated rings. The first kappa shape index (κ1) is 15.5. The van der Waals surface area contributed by atoms with Crippen LogP contribution in [0, 0.1) is 0 Å². The van der Waals surface area contributed by atoms with Gasteiger partial charge in [0.15, 0.2) is 0 Å². The van der Waals surface area contributed by atoms with Gasteiger partial charge in [0, 0.05) is 24.5 Å². The number of nitrogens with zero attached hydrogens (tertiary/aromatic N) is 2. The fourth-order valence-electron chi connectivity index (χ4n) is 2.78. The van der Waals surface area contributed by atoms with Gasteiger partial charge in [-0.3, -0.25) is 14.2 Å². The number of rotatable bonds is 3. The number of thiazole rings is 1. The molecule has 120 valence electrons. The maximum Gasteiger partial charge on any atom is 0.328 e. The lowest BCUT2D eigenvalue weighted by molar-refractivity contribution is -0.154. The smallest absolute Gasteiger partial charge is 0.328 e. The van der Waals surface area contributed by atoms with Crippen LogP contribution in [0.15, 0.2) is 40.6 Å². The molecule has 1 aliphatic heterocycles. The zero-order valence-electron chi connectivity index (χ0n) is 12.6. The molecule has 1 aromatic carbocycles. The van der Waals surface area contributed by atoms with Gasteiger partial charge < -0.3 is 9.64 Å². The van der Waals surface area contributed by atoms with Crippen LogP contribution in [0.25, 0.3) is 0 Å². The van der Waals surface area contributed by atoms with Crippen molar-refractivity contribution in [2.75, 3.05) is 7.11 Å². The monoisotopic (exact) mass is 332 g/mol. The van der Waals surface area contributed by atoms with Gasteiger partial charge in [-0.15, -0.1) is 0 Å². The molecule has 0 saturated heterocycles. The number of fused-ring (bicyclic) bond motifs is 1. The highest BCUT2D eigenvalue weighted by Crippen LogP contribution is 2.24. The zero-order chi connectivity index (χ0) is 16.4. The number of esters is 1. The Morgan fingerprint density at radius 2 is 2.04 bits per heavy atom. The minimum atomic E-state index is -0.656. The average molecular weight is 332 g/mol. The number of carbonyl (C=O) groups is 2. The Kier molecular flexibility index (Phi) is 4.29. The van der Waals surface area contributed by atoms with Crippen LogP contribution in [0.4, 0.5) is 0 Å². The van der Waals surface area contributed by atoms with Gasteiger partial charge in [-0.2, -0.15) is 0 Å². The summed E-state index contributed by atoms with van der Waals surface area (Å²) >= 11 is 1.04. The molecule has 2 aromatic rings. The van der Waals surface area contributed by atoms with Gasteiger partial charge in [0.1, 0.15) is 12.6 Å². The summed E-state index contributed by atoms with van der Waals surface area (Å²) in [7, 11) is 1.31. The normalized spacial score (nSPS) is 16.7. The van der Waals surface area contributed by atoms with Gasteiger partial charge in [0.2, 0.25) is 5.91 Å². The first-order chi connectivity index (χ1) is 11.1. The zero-order valence-corrected chi connectivity index (χ0v) is 13.4. The molecule has 2 heterocycles. The summed E-state index contributed by atoms with van der Waals surface area (Å²) in [4.78, 5) is 37.6. The van der Waals surface area contributed by atoms with Crippen molar-refractivity contribution >= 4 is 23.2 Å². The van der Waals surface area contributed by atoms with Crippen molar-refractivity contribution in [3.05, 3.63) is 56.6 Å². The van der Waals surface area contributed by atoms with Crippen LogP contribution in [-0.4, -0.2) is 34.5 Å². The van der Waals surface area contributed by atoms with E-state index in [1.165, 1.54) is 16.6 Å². The second kappa shape index (κ2) is 6.37. The largest absolute Gasteiger partial charge is 0.467 e. The molecule has 0 N–H and O–H groups in total. The topological polar surface area (TPSA) is 68.6 Å². The van der Waals surface area contributed by atoms with Crippen molar-refractivity contribution in [1.29, 1.82) is 0 Å². The number of hydrogen-bond donors (Lipinski definition) is 0. The maximum atomic E-state index is 12.6. The van der Waals surface area contributed by atoms with Crippen LogP contribution >= 0.6 is 11.3 Å². The molecular formula is C16H16N2O4S. The molecule has 6 nitrogen and oxygen atoms in total. The summed E-state index contributed by atoms with van der Waals surface area (Å²) in [5, 5.41) is 1.64. The molecular weight excluding hydrogens is 316 g/mol. The summed E-state index contributed by atoms with van der Waals surface area (Å²) in [6.45, 7) is 0.269. The van der Waals surface area contributed by atoms with Gasteiger partial charge in [0.05, 0.1) is 7.11 Å². The van der Waals surface area contributed by atoms with Gasteiger partial charge in [-0.25, -0.2) is 4.79 Å². The van der Waals surface area contributed by atoms with E-state index in [9.17, 15) is 14.4 Å². The second-order valence-electron chi connectivity index (χ2n) is 5.33. The molecule has 3 rings (SSSR count). The van der Waals surface area contributed by atoms with E-state index in [-0.39, 0.29) is 17.3 Å². The molecule has 0 aliphatic carbocycles. The van der Waals surface area contributed by atoms with Crippen molar-refractivity contribution in [2.24, 2.45) is 0 Å². The Morgan fingerprint density at radius 3 is 2.70 bits per heavy atom. The van der Waals surface area contributed by atoms with E-state index >= 15 is 0 Å². The maximum absolute atomic E-state index is 12.6. The fraction of sp³-hybridized carbons (Fsp3) is 0.312. The third-order valence-electron chi connectivity index (χ3n) is 3.99. The van der Waals surface area contributed by atoms with E-state index in [1.54, 1.807) is 11.6 Å². The highest BCUT2D eigenvalue weighted by atomic mass is 32.1. The molecule has 23 heavy (non-hydrogen) atoms. The fourth-order valence-corrected chi connectivity index (χ4v) is 3.36. The molecule has 7 heteroatoms. The summed E-state index contributed by atoms with van der Waals surface area (Å²) < 4.78 is 6.19. The number of aromatic nitrogens is 1. The average Bonchev–Trinajstić information content (AvgIpc) is 2.97. The predicted molar refractivity (Wildman–Crippen MR) is 85.1 cm³/mol. The lowest BCUT2D eigenvalue weighted by Gasteiger charge is -2.35. The van der Waals surface area contributed by atoms with Crippen molar-refractivity contribution in [3.8, 4) is 0 Å². The number of hydrogen-bond acceptors (Lipinski definition) is 5. The summed E-state index contributed by atoms with van der Waals surface area (Å²) in [5.41, 5.74) is 2.05. The Bertz CT molecular complexity index is 795. The van der Waals surface area contributed by atoms with Crippen LogP contribution in [0.3, 0.4) is 0 Å². The van der Waals surface area contributed by atoms with Crippen molar-refractivity contribution in [3.63, 3.8) is 0 Å². The highest BCUT2D eigenvalue weighted by molar-refractivity contribution is 7.07. The van der Waals surface area contributed by atoms with Crippen molar-refractivity contribution in [1.82, 2.24) is 9.47 Å². The molecule has 1 aromatic heterocycles. The lowest BCUT2D eigenvalue weighted by atomic mass is 9.94. The summed E-state index contributed by atoms with van der Waals surface area (Å²) in [5.74, 6) is -0.707. The Hall–Kier alpha value is -2.41. The first-order valence-corrected chi connectivity index (χ1v) is 8.06. The van der Waals surface area contributed by atoms with Gasteiger partial charge in [-0.05, 0) is 11.1 Å². The van der Waals surface area contributed by atoms with E-state index in [2.05, 4.69) is 0 Å². The van der Waals surface area contributed by atoms with Crippen LogP contribution in [0.1, 0.15) is 11.1 Å². The highest BCUT2D eigenvalue weighted by Gasteiger charge is 2.35. The van der Waals surface area contributed by atoms with Crippen LogP contribution < -0.4 is 4.87 Å². The van der Waals surface area contributed by atoms with Crippen LogP contribution in [0.2, 0.25) is 0 Å². The summed E-state index contributed by atoms with van der Waals surface area (Å²) in [6.07, 6.45) is 2.00. The van der Waals surface area contributed by atoms with Gasteiger partial charge >= 0.3 is 10.8 Å². The molecule has 1 aliphatic rings. The minimum absolute atomic E-state index is 0.0714. The number of ether oxygens (including phenoxy) is 1. The lowest BCUT2D eigenvalue weighted by Crippen LogP contribution is -2.50. The van der Waals surface area contributed by atoms with Crippen LogP contribution in [0.5, 0.6) is 0 Å². The van der Waals surface area contributed by atoms with Gasteiger partial charge in [-0.1, -0.05) is 35.6 Å². The molecule has 0 unspecified atom stereocenters. The molecule has 0 radical (unpaired) electrons. The van der Waals surface area contributed by atoms with E-state index < -0.39 is 12.0 Å².